The van der Waals surface area contributed by atoms with E-state index >= 15 is 0 Å². The number of aromatic nitrogens is 2. The van der Waals surface area contributed by atoms with Crippen molar-refractivity contribution in [1.29, 1.82) is 0 Å². The third-order valence-electron chi connectivity index (χ3n) is 4.81. The van der Waals surface area contributed by atoms with Gasteiger partial charge in [-0.15, -0.1) is 0 Å². The molecule has 1 fully saturated rings. The monoisotopic (exact) mass is 318 g/mol. The van der Waals surface area contributed by atoms with Crippen LogP contribution in [-0.2, 0) is 0 Å². The summed E-state index contributed by atoms with van der Waals surface area (Å²) in [5.41, 5.74) is 9.21. The summed E-state index contributed by atoms with van der Waals surface area (Å²) in [7, 11) is 0. The van der Waals surface area contributed by atoms with Crippen LogP contribution in [-0.4, -0.2) is 22.1 Å². The van der Waals surface area contributed by atoms with Crippen molar-refractivity contribution in [2.75, 3.05) is 5.32 Å². The van der Waals surface area contributed by atoms with Crippen LogP contribution < -0.4 is 11.1 Å². The maximum atomic E-state index is 6.00. The lowest BCUT2D eigenvalue weighted by atomic mass is 9.92. The number of rotatable bonds is 3. The molecule has 0 bridgehead atoms. The second-order valence-electron chi connectivity index (χ2n) is 6.58. The van der Waals surface area contributed by atoms with E-state index in [1.54, 1.807) is 0 Å². The number of anilines is 1. The van der Waals surface area contributed by atoms with Crippen molar-refractivity contribution < 1.29 is 0 Å². The molecule has 1 aromatic carbocycles. The molecule has 3 aromatic rings. The SMILES string of the molecule is N[C@H]1CC[C@H](Nc2ccc3cncc(-c4ccccc4)c3n2)CC1. The Morgan fingerprint density at radius 3 is 2.50 bits per heavy atom. The van der Waals surface area contributed by atoms with E-state index in [0.29, 0.717) is 12.1 Å². The molecule has 0 radical (unpaired) electrons. The van der Waals surface area contributed by atoms with E-state index in [1.807, 2.05) is 36.7 Å². The second-order valence-corrected chi connectivity index (χ2v) is 6.58. The zero-order valence-electron chi connectivity index (χ0n) is 13.7. The van der Waals surface area contributed by atoms with Crippen molar-refractivity contribution >= 4 is 16.7 Å². The normalized spacial score (nSPS) is 20.9. The summed E-state index contributed by atoms with van der Waals surface area (Å²) in [6.45, 7) is 0. The maximum Gasteiger partial charge on any atom is 0.126 e. The van der Waals surface area contributed by atoms with Crippen molar-refractivity contribution in [1.82, 2.24) is 9.97 Å². The van der Waals surface area contributed by atoms with Gasteiger partial charge in [-0.3, -0.25) is 4.98 Å². The highest BCUT2D eigenvalue weighted by atomic mass is 15.0. The van der Waals surface area contributed by atoms with Gasteiger partial charge in [0.2, 0.25) is 0 Å². The van der Waals surface area contributed by atoms with Gasteiger partial charge in [-0.25, -0.2) is 4.98 Å². The molecule has 2 heterocycles. The number of pyridine rings is 2. The third kappa shape index (κ3) is 3.10. The van der Waals surface area contributed by atoms with E-state index in [9.17, 15) is 0 Å². The summed E-state index contributed by atoms with van der Waals surface area (Å²) in [6.07, 6.45) is 8.17. The number of nitrogens with two attached hydrogens (primary N) is 1. The Kier molecular flexibility index (Phi) is 4.13. The zero-order chi connectivity index (χ0) is 16.4. The lowest BCUT2D eigenvalue weighted by Crippen LogP contribution is -2.33. The Bertz CT molecular complexity index is 823. The van der Waals surface area contributed by atoms with Crippen molar-refractivity contribution in [2.24, 2.45) is 5.73 Å². The Morgan fingerprint density at radius 2 is 1.71 bits per heavy atom. The van der Waals surface area contributed by atoms with Crippen LogP contribution >= 0.6 is 0 Å². The molecule has 0 atom stereocenters. The molecule has 0 aliphatic heterocycles. The summed E-state index contributed by atoms with van der Waals surface area (Å²) in [5.74, 6) is 0.936. The molecule has 1 aliphatic carbocycles. The number of hydrogen-bond donors (Lipinski definition) is 2. The molecule has 1 aliphatic rings. The van der Waals surface area contributed by atoms with Crippen molar-refractivity contribution in [3.05, 3.63) is 54.9 Å². The Labute approximate surface area is 142 Å². The van der Waals surface area contributed by atoms with Crippen LogP contribution in [0.5, 0.6) is 0 Å². The van der Waals surface area contributed by atoms with E-state index in [1.165, 1.54) is 0 Å². The first-order valence-corrected chi connectivity index (χ1v) is 8.62. The van der Waals surface area contributed by atoms with Gasteiger partial charge in [0.05, 0.1) is 5.52 Å². The number of nitrogens with zero attached hydrogens (tertiary/aromatic N) is 2. The van der Waals surface area contributed by atoms with Crippen LogP contribution in [0.4, 0.5) is 5.82 Å². The summed E-state index contributed by atoms with van der Waals surface area (Å²) in [4.78, 5) is 9.25. The highest BCUT2D eigenvalue weighted by molar-refractivity contribution is 5.93. The van der Waals surface area contributed by atoms with E-state index in [2.05, 4.69) is 28.5 Å². The predicted molar refractivity (Wildman–Crippen MR) is 98.8 cm³/mol. The lowest BCUT2D eigenvalue weighted by Gasteiger charge is -2.27. The average Bonchev–Trinajstić information content (AvgIpc) is 2.64. The summed E-state index contributed by atoms with van der Waals surface area (Å²) in [6, 6.07) is 15.3. The topological polar surface area (TPSA) is 63.8 Å². The fraction of sp³-hybridized carbons (Fsp3) is 0.300. The number of benzene rings is 1. The smallest absolute Gasteiger partial charge is 0.126 e. The first-order chi connectivity index (χ1) is 11.8. The molecule has 1 saturated carbocycles. The quantitative estimate of drug-likeness (QED) is 0.767. The molecule has 3 N–H and O–H groups in total. The fourth-order valence-corrected chi connectivity index (χ4v) is 3.43. The standard InChI is InChI=1S/C20H22N4/c21-16-7-9-17(10-8-16)23-19-11-6-15-12-22-13-18(20(15)24-19)14-4-2-1-3-5-14/h1-6,11-13,16-17H,7-10,21H2,(H,23,24)/t16-,17-. The average molecular weight is 318 g/mol. The van der Waals surface area contributed by atoms with Crippen LogP contribution in [0.1, 0.15) is 25.7 Å². The number of hydrogen-bond acceptors (Lipinski definition) is 4. The largest absolute Gasteiger partial charge is 0.367 e. The maximum absolute atomic E-state index is 6.00. The Morgan fingerprint density at radius 1 is 0.917 bits per heavy atom. The highest BCUT2D eigenvalue weighted by Gasteiger charge is 2.18. The van der Waals surface area contributed by atoms with Gasteiger partial charge >= 0.3 is 0 Å². The van der Waals surface area contributed by atoms with Gasteiger partial charge in [0.1, 0.15) is 5.82 Å². The minimum atomic E-state index is 0.364. The fourth-order valence-electron chi connectivity index (χ4n) is 3.43. The van der Waals surface area contributed by atoms with Gasteiger partial charge in [0.25, 0.3) is 0 Å². The van der Waals surface area contributed by atoms with Crippen molar-refractivity contribution in [2.45, 2.75) is 37.8 Å². The van der Waals surface area contributed by atoms with Gasteiger partial charge in [-0.1, -0.05) is 30.3 Å². The molecule has 0 spiro atoms. The molecular formula is C20H22N4. The first-order valence-electron chi connectivity index (χ1n) is 8.62. The Balaban J connectivity index is 1.67. The lowest BCUT2D eigenvalue weighted by molar-refractivity contribution is 0.410. The van der Waals surface area contributed by atoms with Crippen molar-refractivity contribution in [3.8, 4) is 11.1 Å². The van der Waals surface area contributed by atoms with Gasteiger partial charge < -0.3 is 11.1 Å². The van der Waals surface area contributed by atoms with Crippen molar-refractivity contribution in [3.63, 3.8) is 0 Å². The number of fused-ring (bicyclic) bond motifs is 1. The van der Waals surface area contributed by atoms with Gasteiger partial charge in [-0.05, 0) is 43.4 Å². The second kappa shape index (κ2) is 6.57. The van der Waals surface area contributed by atoms with Gasteiger partial charge in [0, 0.05) is 35.4 Å². The molecule has 0 amide bonds. The van der Waals surface area contributed by atoms with Gasteiger partial charge in [0.15, 0.2) is 0 Å². The minimum Gasteiger partial charge on any atom is -0.367 e. The molecule has 0 unspecified atom stereocenters. The molecule has 4 rings (SSSR count). The molecule has 0 saturated heterocycles. The van der Waals surface area contributed by atoms with E-state index < -0.39 is 0 Å². The first kappa shape index (κ1) is 15.1. The van der Waals surface area contributed by atoms with E-state index in [4.69, 9.17) is 10.7 Å². The van der Waals surface area contributed by atoms with E-state index in [-0.39, 0.29) is 0 Å². The van der Waals surface area contributed by atoms with Crippen LogP contribution in [0.15, 0.2) is 54.9 Å². The highest BCUT2D eigenvalue weighted by Crippen LogP contribution is 2.28. The van der Waals surface area contributed by atoms with Gasteiger partial charge in [-0.2, -0.15) is 0 Å². The summed E-state index contributed by atoms with van der Waals surface area (Å²) >= 11 is 0. The zero-order valence-corrected chi connectivity index (χ0v) is 13.7. The minimum absolute atomic E-state index is 0.364. The molecule has 122 valence electrons. The summed E-state index contributed by atoms with van der Waals surface area (Å²) in [5, 5.41) is 4.65. The molecule has 24 heavy (non-hydrogen) atoms. The predicted octanol–water partition coefficient (Wildman–Crippen LogP) is 3.98. The van der Waals surface area contributed by atoms with Crippen LogP contribution in [0.3, 0.4) is 0 Å². The molecular weight excluding hydrogens is 296 g/mol. The van der Waals surface area contributed by atoms with Crippen LogP contribution in [0.25, 0.3) is 22.0 Å². The van der Waals surface area contributed by atoms with Crippen LogP contribution in [0.2, 0.25) is 0 Å². The van der Waals surface area contributed by atoms with Crippen LogP contribution in [0, 0.1) is 0 Å². The summed E-state index contributed by atoms with van der Waals surface area (Å²) < 4.78 is 0. The van der Waals surface area contributed by atoms with E-state index in [0.717, 1.165) is 53.5 Å². The third-order valence-corrected chi connectivity index (χ3v) is 4.81. The molecule has 4 heteroatoms. The Hall–Kier alpha value is -2.46. The molecule has 2 aromatic heterocycles. The number of nitrogens with one attached hydrogen (secondary N) is 1. The molecule has 4 nitrogen and oxygen atoms in total.